The van der Waals surface area contributed by atoms with Crippen LogP contribution in [0.4, 0.5) is 22.9 Å². The number of nitrogens with zero attached hydrogens (tertiary/aromatic N) is 3. The molecule has 3 N–H and O–H groups in total. The molecule has 0 fully saturated rings. The quantitative estimate of drug-likeness (QED) is 0.405. The SMILES string of the molecule is CN(C)c1ccc(-c2ccccc2C(=O)Nc2ccc3c(c2)CCN3C(=O)Cc2cccc(N)n2)cc1. The maximum absolute atomic E-state index is 13.3. The summed E-state index contributed by atoms with van der Waals surface area (Å²) in [6, 6.07) is 26.7. The van der Waals surface area contributed by atoms with E-state index in [0.717, 1.165) is 34.5 Å². The first kappa shape index (κ1) is 24.1. The average Bonchev–Trinajstić information content (AvgIpc) is 3.32. The van der Waals surface area contributed by atoms with Gasteiger partial charge in [0.1, 0.15) is 5.82 Å². The Balaban J connectivity index is 1.32. The summed E-state index contributed by atoms with van der Waals surface area (Å²) in [7, 11) is 4.00. The van der Waals surface area contributed by atoms with E-state index in [0.29, 0.717) is 29.3 Å². The number of fused-ring (bicyclic) bond motifs is 1. The Morgan fingerprint density at radius 1 is 0.973 bits per heavy atom. The summed E-state index contributed by atoms with van der Waals surface area (Å²) in [4.78, 5) is 34.3. The van der Waals surface area contributed by atoms with Crippen LogP contribution in [0.1, 0.15) is 21.6 Å². The first-order valence-electron chi connectivity index (χ1n) is 12.2. The second kappa shape index (κ2) is 10.1. The second-order valence-corrected chi connectivity index (χ2v) is 9.31. The molecule has 5 rings (SSSR count). The number of anilines is 4. The summed E-state index contributed by atoms with van der Waals surface area (Å²) < 4.78 is 0. The third kappa shape index (κ3) is 5.16. The number of rotatable bonds is 6. The molecule has 0 unspecified atom stereocenters. The van der Waals surface area contributed by atoms with E-state index < -0.39 is 0 Å². The van der Waals surface area contributed by atoms with Crippen LogP contribution >= 0.6 is 0 Å². The van der Waals surface area contributed by atoms with Gasteiger partial charge in [0.25, 0.3) is 5.91 Å². The van der Waals surface area contributed by atoms with E-state index in [2.05, 4.69) is 10.3 Å². The van der Waals surface area contributed by atoms with Crippen molar-refractivity contribution >= 4 is 34.7 Å². The van der Waals surface area contributed by atoms with Gasteiger partial charge in [0.2, 0.25) is 5.91 Å². The number of nitrogen functional groups attached to an aromatic ring is 1. The molecule has 3 aromatic carbocycles. The minimum Gasteiger partial charge on any atom is -0.384 e. The molecule has 1 aromatic heterocycles. The zero-order valence-electron chi connectivity index (χ0n) is 20.9. The number of carbonyl (C=O) groups excluding carboxylic acids is 2. The number of carbonyl (C=O) groups is 2. The van der Waals surface area contributed by atoms with Gasteiger partial charge in [-0.1, -0.05) is 36.4 Å². The maximum atomic E-state index is 13.3. The number of nitrogens with one attached hydrogen (secondary N) is 1. The van der Waals surface area contributed by atoms with Crippen LogP contribution in [-0.4, -0.2) is 37.4 Å². The number of amides is 2. The number of aromatic nitrogens is 1. The van der Waals surface area contributed by atoms with Crippen molar-refractivity contribution in [1.29, 1.82) is 0 Å². The molecule has 1 aliphatic heterocycles. The molecule has 0 atom stereocenters. The van der Waals surface area contributed by atoms with Crippen LogP contribution in [0.3, 0.4) is 0 Å². The minimum absolute atomic E-state index is 0.0251. The lowest BCUT2D eigenvalue weighted by Crippen LogP contribution is -2.30. The van der Waals surface area contributed by atoms with Gasteiger partial charge in [0.15, 0.2) is 0 Å². The first-order valence-corrected chi connectivity index (χ1v) is 12.2. The minimum atomic E-state index is -0.175. The van der Waals surface area contributed by atoms with Gasteiger partial charge >= 0.3 is 0 Å². The van der Waals surface area contributed by atoms with Crippen LogP contribution in [-0.2, 0) is 17.6 Å². The summed E-state index contributed by atoms with van der Waals surface area (Å²) in [6.45, 7) is 0.597. The van der Waals surface area contributed by atoms with Crippen molar-refractivity contribution in [2.45, 2.75) is 12.8 Å². The van der Waals surface area contributed by atoms with E-state index >= 15 is 0 Å². The molecular formula is C30H29N5O2. The Bertz CT molecular complexity index is 1460. The molecule has 7 nitrogen and oxygen atoms in total. The van der Waals surface area contributed by atoms with E-state index in [9.17, 15) is 9.59 Å². The molecule has 0 saturated heterocycles. The topological polar surface area (TPSA) is 91.6 Å². The van der Waals surface area contributed by atoms with Crippen LogP contribution in [0.2, 0.25) is 0 Å². The molecule has 0 radical (unpaired) electrons. The highest BCUT2D eigenvalue weighted by Gasteiger charge is 2.25. The number of hydrogen-bond acceptors (Lipinski definition) is 5. The zero-order chi connectivity index (χ0) is 25.9. The van der Waals surface area contributed by atoms with Gasteiger partial charge < -0.3 is 20.9 Å². The van der Waals surface area contributed by atoms with Crippen molar-refractivity contribution in [2.24, 2.45) is 0 Å². The maximum Gasteiger partial charge on any atom is 0.256 e. The number of benzene rings is 3. The third-order valence-corrected chi connectivity index (χ3v) is 6.56. The molecule has 0 aliphatic carbocycles. The van der Waals surface area contributed by atoms with Gasteiger partial charge in [0, 0.05) is 43.3 Å². The van der Waals surface area contributed by atoms with E-state index in [1.165, 1.54) is 0 Å². The Morgan fingerprint density at radius 3 is 2.51 bits per heavy atom. The van der Waals surface area contributed by atoms with E-state index in [1.807, 2.05) is 85.7 Å². The molecule has 0 saturated carbocycles. The fourth-order valence-electron chi connectivity index (χ4n) is 4.66. The highest BCUT2D eigenvalue weighted by atomic mass is 16.2. The van der Waals surface area contributed by atoms with Crippen LogP contribution in [0, 0.1) is 0 Å². The molecule has 186 valence electrons. The lowest BCUT2D eigenvalue weighted by Gasteiger charge is -2.18. The van der Waals surface area contributed by atoms with Gasteiger partial charge in [-0.25, -0.2) is 4.98 Å². The Kier molecular flexibility index (Phi) is 6.60. The monoisotopic (exact) mass is 491 g/mol. The van der Waals surface area contributed by atoms with Crippen LogP contribution in [0.15, 0.2) is 84.9 Å². The van der Waals surface area contributed by atoms with Crippen molar-refractivity contribution < 1.29 is 9.59 Å². The van der Waals surface area contributed by atoms with Crippen molar-refractivity contribution in [3.8, 4) is 11.1 Å². The summed E-state index contributed by atoms with van der Waals surface area (Å²) >= 11 is 0. The fourth-order valence-corrected chi connectivity index (χ4v) is 4.66. The Hall–Kier alpha value is -4.65. The van der Waals surface area contributed by atoms with Gasteiger partial charge in [-0.15, -0.1) is 0 Å². The van der Waals surface area contributed by atoms with E-state index in [4.69, 9.17) is 5.73 Å². The molecule has 1 aliphatic rings. The van der Waals surface area contributed by atoms with E-state index in [1.54, 1.807) is 23.1 Å². The second-order valence-electron chi connectivity index (χ2n) is 9.31. The first-order chi connectivity index (χ1) is 17.9. The Labute approximate surface area is 216 Å². The summed E-state index contributed by atoms with van der Waals surface area (Å²) in [6.07, 6.45) is 0.916. The smallest absolute Gasteiger partial charge is 0.256 e. The molecule has 0 bridgehead atoms. The summed E-state index contributed by atoms with van der Waals surface area (Å²) in [5, 5.41) is 3.04. The number of nitrogens with two attached hydrogens (primary N) is 1. The molecule has 4 aromatic rings. The largest absolute Gasteiger partial charge is 0.384 e. The van der Waals surface area contributed by atoms with Crippen molar-refractivity contribution in [3.63, 3.8) is 0 Å². The predicted octanol–water partition coefficient (Wildman–Crippen LogP) is 4.78. The van der Waals surface area contributed by atoms with Gasteiger partial charge in [-0.3, -0.25) is 9.59 Å². The third-order valence-electron chi connectivity index (χ3n) is 6.56. The van der Waals surface area contributed by atoms with Crippen molar-refractivity contribution in [1.82, 2.24) is 4.98 Å². The molecular weight excluding hydrogens is 462 g/mol. The van der Waals surface area contributed by atoms with E-state index in [-0.39, 0.29) is 18.2 Å². The normalized spacial score (nSPS) is 12.2. The predicted molar refractivity (Wildman–Crippen MR) is 149 cm³/mol. The lowest BCUT2D eigenvalue weighted by molar-refractivity contribution is -0.117. The fraction of sp³-hybridized carbons (Fsp3) is 0.167. The van der Waals surface area contributed by atoms with Crippen molar-refractivity contribution in [2.75, 3.05) is 41.5 Å². The summed E-state index contributed by atoms with van der Waals surface area (Å²) in [5.41, 5.74) is 12.6. The standard InChI is InChI=1S/C30H29N5O2/c1-34(2)24-13-10-20(11-14-24)25-7-3-4-8-26(25)30(37)33-23-12-15-27-21(18-23)16-17-35(27)29(36)19-22-6-5-9-28(31)32-22/h3-15,18H,16-17,19H2,1-2H3,(H2,31,32)(H,33,37). The molecule has 0 spiro atoms. The lowest BCUT2D eigenvalue weighted by atomic mass is 9.98. The number of pyridine rings is 1. The number of hydrogen-bond donors (Lipinski definition) is 2. The van der Waals surface area contributed by atoms with Crippen molar-refractivity contribution in [3.05, 3.63) is 102 Å². The van der Waals surface area contributed by atoms with Gasteiger partial charge in [-0.05, 0) is 71.6 Å². The zero-order valence-corrected chi connectivity index (χ0v) is 20.9. The molecule has 2 amide bonds. The molecule has 37 heavy (non-hydrogen) atoms. The van der Waals surface area contributed by atoms with Gasteiger partial charge in [-0.2, -0.15) is 0 Å². The molecule has 2 heterocycles. The van der Waals surface area contributed by atoms with Gasteiger partial charge in [0.05, 0.1) is 12.1 Å². The van der Waals surface area contributed by atoms with Crippen LogP contribution in [0.5, 0.6) is 0 Å². The summed E-state index contributed by atoms with van der Waals surface area (Å²) in [5.74, 6) is 0.202. The highest BCUT2D eigenvalue weighted by molar-refractivity contribution is 6.09. The molecule has 7 heteroatoms. The highest BCUT2D eigenvalue weighted by Crippen LogP contribution is 2.32. The Morgan fingerprint density at radius 2 is 1.76 bits per heavy atom. The van der Waals surface area contributed by atoms with Crippen LogP contribution in [0.25, 0.3) is 11.1 Å². The van der Waals surface area contributed by atoms with Crippen LogP contribution < -0.4 is 20.9 Å². The average molecular weight is 492 g/mol.